The zero-order valence-electron chi connectivity index (χ0n) is 14.3. The molecule has 4 nitrogen and oxygen atoms in total. The Morgan fingerprint density at radius 3 is 2.64 bits per heavy atom. The van der Waals surface area contributed by atoms with E-state index in [1.54, 1.807) is 4.90 Å². The summed E-state index contributed by atoms with van der Waals surface area (Å²) in [4.78, 5) is 14.3. The molecule has 4 fully saturated rings. The van der Waals surface area contributed by atoms with Crippen LogP contribution >= 0.6 is 0 Å². The summed E-state index contributed by atoms with van der Waals surface area (Å²) < 4.78 is 0. The number of rotatable bonds is 3. The lowest BCUT2D eigenvalue weighted by atomic mass is 9.45. The molecule has 3 aliphatic carbocycles. The molecule has 3 saturated carbocycles. The average molecular weight is 303 g/mol. The number of nitrogens with one attached hydrogen (secondary N) is 1. The molecular weight excluding hydrogens is 274 g/mol. The van der Waals surface area contributed by atoms with Gasteiger partial charge in [-0.3, -0.25) is 4.79 Å². The van der Waals surface area contributed by atoms with Gasteiger partial charge in [0.2, 0.25) is 5.91 Å². The fraction of sp³-hybridized carbons (Fsp3) is 0.889. The van der Waals surface area contributed by atoms with Crippen molar-refractivity contribution in [2.75, 3.05) is 6.54 Å². The highest BCUT2D eigenvalue weighted by Gasteiger charge is 2.56. The number of nitrogens with zero attached hydrogens (tertiary/aromatic N) is 2. The van der Waals surface area contributed by atoms with Crippen LogP contribution in [0.25, 0.3) is 0 Å². The number of hydrogen-bond acceptors (Lipinski definition) is 3. The van der Waals surface area contributed by atoms with Crippen LogP contribution in [-0.4, -0.2) is 35.5 Å². The Labute approximate surface area is 134 Å². The molecule has 1 heterocycles. The van der Waals surface area contributed by atoms with Crippen molar-refractivity contribution in [2.24, 2.45) is 23.2 Å². The number of amides is 1. The minimum Gasteiger partial charge on any atom is -0.323 e. The summed E-state index contributed by atoms with van der Waals surface area (Å²) in [5.74, 6) is 2.33. The number of carbonyl (C=O) groups excluding carboxylic acids is 1. The molecule has 1 saturated heterocycles. The van der Waals surface area contributed by atoms with Gasteiger partial charge in [0.1, 0.15) is 6.04 Å². The smallest absolute Gasteiger partial charge is 0.237 e. The minimum atomic E-state index is -0.222. The summed E-state index contributed by atoms with van der Waals surface area (Å²) in [6.45, 7) is 9.56. The molecule has 0 unspecified atom stereocenters. The third kappa shape index (κ3) is 2.34. The lowest BCUT2D eigenvalue weighted by Crippen LogP contribution is -2.60. The molecule has 122 valence electrons. The standard InChI is InChI=1S/C18H29N3O/c1-11-5-6-14(9-19)21(11)17(22)10-20-16-8-13-7-15(12(16)2)18(13,3)4/h11-16,20H,5-8,10H2,1-4H3/t11-,12+,13-,14-,15-,16-/m0/s1. The van der Waals surface area contributed by atoms with Crippen molar-refractivity contribution in [2.45, 2.75) is 71.5 Å². The van der Waals surface area contributed by atoms with Crippen molar-refractivity contribution in [3.8, 4) is 6.07 Å². The summed E-state index contributed by atoms with van der Waals surface area (Å²) >= 11 is 0. The molecule has 2 bridgehead atoms. The molecule has 4 aliphatic rings. The Morgan fingerprint density at radius 1 is 1.32 bits per heavy atom. The second kappa shape index (κ2) is 5.53. The Balaban J connectivity index is 1.55. The van der Waals surface area contributed by atoms with E-state index in [4.69, 9.17) is 0 Å². The Kier molecular flexibility index (Phi) is 3.97. The van der Waals surface area contributed by atoms with Crippen molar-refractivity contribution in [1.82, 2.24) is 10.2 Å². The quantitative estimate of drug-likeness (QED) is 0.871. The zero-order chi connectivity index (χ0) is 16.1. The fourth-order valence-corrected chi connectivity index (χ4v) is 5.26. The van der Waals surface area contributed by atoms with Gasteiger partial charge in [-0.15, -0.1) is 0 Å². The average Bonchev–Trinajstić information content (AvgIpc) is 2.86. The highest BCUT2D eigenvalue weighted by atomic mass is 16.2. The molecule has 22 heavy (non-hydrogen) atoms. The van der Waals surface area contributed by atoms with Crippen molar-refractivity contribution in [3.63, 3.8) is 0 Å². The van der Waals surface area contributed by atoms with E-state index in [1.807, 2.05) is 0 Å². The molecule has 0 aromatic carbocycles. The summed E-state index contributed by atoms with van der Waals surface area (Å²) in [5, 5.41) is 12.7. The third-order valence-electron chi connectivity index (χ3n) is 6.98. The Bertz CT molecular complexity index is 495. The lowest BCUT2D eigenvalue weighted by Gasteiger charge is -2.62. The van der Waals surface area contributed by atoms with Crippen LogP contribution < -0.4 is 5.32 Å². The maximum Gasteiger partial charge on any atom is 0.237 e. The monoisotopic (exact) mass is 303 g/mol. The number of fused-ring (bicyclic) bond motifs is 2. The number of nitriles is 1. The third-order valence-corrected chi connectivity index (χ3v) is 6.98. The molecule has 4 rings (SSSR count). The number of likely N-dealkylation sites (tertiary alicyclic amines) is 1. The number of hydrogen-bond donors (Lipinski definition) is 1. The molecule has 0 spiro atoms. The van der Waals surface area contributed by atoms with Crippen LogP contribution in [0.4, 0.5) is 0 Å². The molecule has 6 atom stereocenters. The van der Waals surface area contributed by atoms with Crippen molar-refractivity contribution in [1.29, 1.82) is 5.26 Å². The van der Waals surface area contributed by atoms with Gasteiger partial charge in [0.25, 0.3) is 0 Å². The van der Waals surface area contributed by atoms with Gasteiger partial charge in [-0.2, -0.15) is 5.26 Å². The highest BCUT2D eigenvalue weighted by Crippen LogP contribution is 2.61. The molecule has 0 aromatic heterocycles. The molecule has 1 N–H and O–H groups in total. The van der Waals surface area contributed by atoms with Gasteiger partial charge < -0.3 is 10.2 Å². The van der Waals surface area contributed by atoms with Crippen LogP contribution in [-0.2, 0) is 4.79 Å². The predicted octanol–water partition coefficient (Wildman–Crippen LogP) is 2.55. The summed E-state index contributed by atoms with van der Waals surface area (Å²) in [7, 11) is 0. The predicted molar refractivity (Wildman–Crippen MR) is 85.9 cm³/mol. The van der Waals surface area contributed by atoms with E-state index < -0.39 is 0 Å². The lowest BCUT2D eigenvalue weighted by molar-refractivity contribution is -0.134. The normalized spacial score (nSPS) is 42.6. The van der Waals surface area contributed by atoms with Gasteiger partial charge in [0.05, 0.1) is 12.6 Å². The first-order chi connectivity index (χ1) is 10.4. The van der Waals surface area contributed by atoms with Gasteiger partial charge in [0.15, 0.2) is 0 Å². The SMILES string of the molecule is C[C@H]1[C@@H](NCC(=O)N2[C@H](C#N)CC[C@@H]2C)C[C@@H]2C[C@@H]1C2(C)C. The Morgan fingerprint density at radius 2 is 2.05 bits per heavy atom. The van der Waals surface area contributed by atoms with E-state index in [0.717, 1.165) is 24.7 Å². The molecule has 1 amide bonds. The van der Waals surface area contributed by atoms with Crippen molar-refractivity contribution in [3.05, 3.63) is 0 Å². The van der Waals surface area contributed by atoms with Crippen LogP contribution in [0.2, 0.25) is 0 Å². The summed E-state index contributed by atoms with van der Waals surface area (Å²) in [6, 6.07) is 2.71. The van der Waals surface area contributed by atoms with Gasteiger partial charge in [-0.25, -0.2) is 0 Å². The van der Waals surface area contributed by atoms with Gasteiger partial charge >= 0.3 is 0 Å². The van der Waals surface area contributed by atoms with Gasteiger partial charge in [-0.1, -0.05) is 20.8 Å². The summed E-state index contributed by atoms with van der Waals surface area (Å²) in [5.41, 5.74) is 0.483. The molecule has 4 heteroatoms. The number of carbonyl (C=O) groups is 1. The first-order valence-electron chi connectivity index (χ1n) is 8.80. The molecule has 0 aromatic rings. The van der Waals surface area contributed by atoms with E-state index in [2.05, 4.69) is 39.1 Å². The van der Waals surface area contributed by atoms with Crippen LogP contribution in [0.15, 0.2) is 0 Å². The van der Waals surface area contributed by atoms with Gasteiger partial charge in [-0.05, 0) is 55.8 Å². The largest absolute Gasteiger partial charge is 0.323 e. The summed E-state index contributed by atoms with van der Waals surface area (Å²) in [6.07, 6.45) is 4.32. The van der Waals surface area contributed by atoms with E-state index in [9.17, 15) is 10.1 Å². The molecular formula is C18H29N3O. The van der Waals surface area contributed by atoms with Crippen LogP contribution in [0, 0.1) is 34.5 Å². The Hall–Kier alpha value is -1.08. The maximum atomic E-state index is 12.5. The van der Waals surface area contributed by atoms with Crippen molar-refractivity contribution < 1.29 is 4.79 Å². The second-order valence-electron chi connectivity index (χ2n) is 8.31. The van der Waals surface area contributed by atoms with E-state index in [-0.39, 0.29) is 18.0 Å². The first-order valence-corrected chi connectivity index (χ1v) is 8.80. The fourth-order valence-electron chi connectivity index (χ4n) is 5.26. The topological polar surface area (TPSA) is 56.1 Å². The van der Waals surface area contributed by atoms with E-state index >= 15 is 0 Å². The first kappa shape index (κ1) is 15.8. The highest BCUT2D eigenvalue weighted by molar-refractivity contribution is 5.79. The maximum absolute atomic E-state index is 12.5. The van der Waals surface area contributed by atoms with Crippen LogP contribution in [0.3, 0.4) is 0 Å². The van der Waals surface area contributed by atoms with Crippen molar-refractivity contribution >= 4 is 5.91 Å². The second-order valence-corrected chi connectivity index (χ2v) is 8.31. The van der Waals surface area contributed by atoms with E-state index in [1.165, 1.54) is 12.8 Å². The van der Waals surface area contributed by atoms with E-state index in [0.29, 0.717) is 23.9 Å². The van der Waals surface area contributed by atoms with Gasteiger partial charge in [0, 0.05) is 12.1 Å². The van der Waals surface area contributed by atoms with Crippen LogP contribution in [0.5, 0.6) is 0 Å². The molecule has 1 aliphatic heterocycles. The minimum absolute atomic E-state index is 0.0993. The van der Waals surface area contributed by atoms with Crippen LogP contribution in [0.1, 0.15) is 53.4 Å². The zero-order valence-corrected chi connectivity index (χ0v) is 14.3. The molecule has 0 radical (unpaired) electrons.